The number of nitrogens with zero attached hydrogens (tertiary/aromatic N) is 1. The lowest BCUT2D eigenvalue weighted by Gasteiger charge is -2.31. The fraction of sp³-hybridized carbons (Fsp3) is 0.0870. The van der Waals surface area contributed by atoms with E-state index in [1.54, 1.807) is 48.5 Å². The second-order valence-corrected chi connectivity index (χ2v) is 9.13. The first-order chi connectivity index (χ1) is 14.5. The second kappa shape index (κ2) is 8.34. The lowest BCUT2D eigenvalue weighted by atomic mass is 10.1. The van der Waals surface area contributed by atoms with Crippen LogP contribution in [0.2, 0.25) is 5.02 Å². The first kappa shape index (κ1) is 20.2. The number of fused-ring (bicyclic) bond motifs is 1. The Morgan fingerprint density at radius 3 is 2.27 bits per heavy atom. The summed E-state index contributed by atoms with van der Waals surface area (Å²) < 4.78 is 28.0. The van der Waals surface area contributed by atoms with Crippen LogP contribution in [0.25, 0.3) is 0 Å². The number of carbonyl (C=O) groups is 1. The molecule has 1 heterocycles. The van der Waals surface area contributed by atoms with Gasteiger partial charge in [0.15, 0.2) is 4.91 Å². The van der Waals surface area contributed by atoms with Crippen LogP contribution < -0.4 is 9.62 Å². The minimum absolute atomic E-state index is 0.0970. The third-order valence-electron chi connectivity index (χ3n) is 4.83. The van der Waals surface area contributed by atoms with E-state index in [0.717, 1.165) is 11.1 Å². The molecule has 0 saturated heterocycles. The molecule has 0 bridgehead atoms. The van der Waals surface area contributed by atoms with Crippen LogP contribution in [-0.4, -0.2) is 14.2 Å². The number of allylic oxidation sites excluding steroid dienone is 1. The normalized spacial score (nSPS) is 16.4. The van der Waals surface area contributed by atoms with E-state index in [9.17, 15) is 13.2 Å². The minimum atomic E-state index is -4.04. The Morgan fingerprint density at radius 1 is 0.867 bits per heavy atom. The highest BCUT2D eigenvalue weighted by atomic mass is 35.5. The van der Waals surface area contributed by atoms with Crippen molar-refractivity contribution >= 4 is 33.1 Å². The number of nitrogens with one attached hydrogen (secondary N) is 1. The van der Waals surface area contributed by atoms with Gasteiger partial charge in [-0.15, -0.1) is 0 Å². The van der Waals surface area contributed by atoms with Crippen LogP contribution in [0.5, 0.6) is 0 Å². The van der Waals surface area contributed by atoms with Crippen molar-refractivity contribution in [2.24, 2.45) is 0 Å². The number of ketones is 1. The number of carbonyl (C=O) groups excluding carboxylic acids is 1. The van der Waals surface area contributed by atoms with Gasteiger partial charge in [0.1, 0.15) is 0 Å². The summed E-state index contributed by atoms with van der Waals surface area (Å²) in [4.78, 5) is 12.7. The molecule has 0 radical (unpaired) electrons. The van der Waals surface area contributed by atoms with Crippen LogP contribution in [-0.2, 0) is 23.1 Å². The average Bonchev–Trinajstić information content (AvgIpc) is 2.75. The molecule has 0 fully saturated rings. The molecule has 30 heavy (non-hydrogen) atoms. The molecule has 4 rings (SSSR count). The summed E-state index contributed by atoms with van der Waals surface area (Å²) in [6.07, 6.45) is 1.30. The lowest BCUT2D eigenvalue weighted by molar-refractivity contribution is 0.104. The van der Waals surface area contributed by atoms with Gasteiger partial charge in [-0.2, -0.15) is 0 Å². The van der Waals surface area contributed by atoms with Crippen molar-refractivity contribution in [3.63, 3.8) is 0 Å². The average molecular weight is 439 g/mol. The van der Waals surface area contributed by atoms with E-state index in [1.807, 2.05) is 30.3 Å². The van der Waals surface area contributed by atoms with Crippen LogP contribution >= 0.6 is 11.6 Å². The highest BCUT2D eigenvalue weighted by Gasteiger charge is 2.39. The summed E-state index contributed by atoms with van der Waals surface area (Å²) in [6, 6.07) is 23.3. The number of Topliss-reactive ketones (excluding diaryl/α,β-unsaturated/α-hetero) is 1. The van der Waals surface area contributed by atoms with E-state index in [-0.39, 0.29) is 11.4 Å². The summed E-state index contributed by atoms with van der Waals surface area (Å²) in [6.45, 7) is 0.506. The van der Waals surface area contributed by atoms with Gasteiger partial charge >= 0.3 is 0 Å². The monoisotopic (exact) mass is 438 g/mol. The second-order valence-electron chi connectivity index (χ2n) is 6.86. The van der Waals surface area contributed by atoms with Crippen molar-refractivity contribution in [3.05, 3.63) is 112 Å². The maximum Gasteiger partial charge on any atom is 0.270 e. The molecule has 1 N–H and O–H groups in total. The van der Waals surface area contributed by atoms with E-state index >= 15 is 0 Å². The molecule has 0 spiro atoms. The molecule has 0 atom stereocenters. The molecular weight excluding hydrogens is 420 g/mol. The number of hydrogen-bond acceptors (Lipinski definition) is 4. The van der Waals surface area contributed by atoms with Crippen molar-refractivity contribution in [2.45, 2.75) is 13.1 Å². The van der Waals surface area contributed by atoms with Gasteiger partial charge in [-0.05, 0) is 35.4 Å². The van der Waals surface area contributed by atoms with E-state index < -0.39 is 15.8 Å². The summed E-state index contributed by atoms with van der Waals surface area (Å²) in [5.74, 6) is -0.515. The molecule has 0 aromatic heterocycles. The first-order valence-electron chi connectivity index (χ1n) is 9.35. The summed E-state index contributed by atoms with van der Waals surface area (Å²) in [5, 5.41) is 3.54. The Bertz CT molecular complexity index is 1210. The van der Waals surface area contributed by atoms with Crippen LogP contribution in [0, 0.1) is 0 Å². The molecule has 0 unspecified atom stereocenters. The zero-order valence-corrected chi connectivity index (χ0v) is 17.5. The molecule has 3 aromatic rings. The number of halogens is 1. The number of rotatable bonds is 5. The molecule has 3 aromatic carbocycles. The third-order valence-corrected chi connectivity index (χ3v) is 6.85. The SMILES string of the molecule is O=C1/C(=C\NCc2ccccc2)S(=O)(=O)N(Cc2ccc(Cl)cc2)c2ccccc21. The molecule has 7 heteroatoms. The highest BCUT2D eigenvalue weighted by Crippen LogP contribution is 2.36. The largest absolute Gasteiger partial charge is 0.386 e. The third kappa shape index (κ3) is 3.97. The Kier molecular flexibility index (Phi) is 5.61. The standard InChI is InChI=1S/C23H19ClN2O3S/c24-19-12-10-18(11-13-19)16-26-21-9-5-4-8-20(21)23(27)22(30(26,28)29)15-25-14-17-6-2-1-3-7-17/h1-13,15,25H,14,16H2/b22-15+. The van der Waals surface area contributed by atoms with Gasteiger partial charge in [-0.25, -0.2) is 8.42 Å². The van der Waals surface area contributed by atoms with Gasteiger partial charge in [-0.3, -0.25) is 9.10 Å². The summed E-state index contributed by atoms with van der Waals surface area (Å²) in [5.41, 5.74) is 2.48. The first-order valence-corrected chi connectivity index (χ1v) is 11.2. The number of para-hydroxylation sites is 1. The quantitative estimate of drug-likeness (QED) is 0.595. The fourth-order valence-electron chi connectivity index (χ4n) is 3.30. The van der Waals surface area contributed by atoms with Crippen LogP contribution in [0.1, 0.15) is 21.5 Å². The molecule has 0 aliphatic carbocycles. The van der Waals surface area contributed by atoms with E-state index in [1.165, 1.54) is 10.5 Å². The number of benzene rings is 3. The number of hydrogen-bond donors (Lipinski definition) is 1. The lowest BCUT2D eigenvalue weighted by Crippen LogP contribution is -2.39. The summed E-state index contributed by atoms with van der Waals surface area (Å²) in [7, 11) is -4.04. The van der Waals surface area contributed by atoms with Crippen molar-refractivity contribution in [2.75, 3.05) is 4.31 Å². The highest BCUT2D eigenvalue weighted by molar-refractivity contribution is 7.97. The van der Waals surface area contributed by atoms with Gasteiger partial charge in [0.25, 0.3) is 10.0 Å². The molecular formula is C23H19ClN2O3S. The van der Waals surface area contributed by atoms with Crippen molar-refractivity contribution in [1.82, 2.24) is 5.32 Å². The maximum atomic E-state index is 13.4. The molecule has 5 nitrogen and oxygen atoms in total. The number of anilines is 1. The maximum absolute atomic E-state index is 13.4. The predicted octanol–water partition coefficient (Wildman–Crippen LogP) is 4.50. The van der Waals surface area contributed by atoms with Gasteiger partial charge in [0.05, 0.1) is 12.2 Å². The van der Waals surface area contributed by atoms with Crippen molar-refractivity contribution < 1.29 is 13.2 Å². The van der Waals surface area contributed by atoms with E-state index in [4.69, 9.17) is 11.6 Å². The van der Waals surface area contributed by atoms with Gasteiger partial charge in [0, 0.05) is 23.3 Å². The molecule has 0 amide bonds. The van der Waals surface area contributed by atoms with Gasteiger partial charge in [-0.1, -0.05) is 66.2 Å². The topological polar surface area (TPSA) is 66.5 Å². The Hall–Kier alpha value is -3.09. The smallest absolute Gasteiger partial charge is 0.270 e. The van der Waals surface area contributed by atoms with Crippen LogP contribution in [0.3, 0.4) is 0 Å². The Labute approximate surface area is 180 Å². The number of sulfonamides is 1. The molecule has 0 saturated carbocycles. The van der Waals surface area contributed by atoms with Crippen LogP contribution in [0.4, 0.5) is 5.69 Å². The minimum Gasteiger partial charge on any atom is -0.386 e. The zero-order chi connectivity index (χ0) is 21.1. The zero-order valence-electron chi connectivity index (χ0n) is 16.0. The fourth-order valence-corrected chi connectivity index (χ4v) is 4.98. The molecule has 1 aliphatic heterocycles. The Balaban J connectivity index is 1.70. The van der Waals surface area contributed by atoms with E-state index in [2.05, 4.69) is 5.32 Å². The van der Waals surface area contributed by atoms with E-state index in [0.29, 0.717) is 22.8 Å². The van der Waals surface area contributed by atoms with Gasteiger partial charge < -0.3 is 5.32 Å². The van der Waals surface area contributed by atoms with Crippen molar-refractivity contribution in [3.8, 4) is 0 Å². The summed E-state index contributed by atoms with van der Waals surface area (Å²) >= 11 is 5.95. The Morgan fingerprint density at radius 2 is 1.53 bits per heavy atom. The van der Waals surface area contributed by atoms with Gasteiger partial charge in [0.2, 0.25) is 5.78 Å². The molecule has 152 valence electrons. The van der Waals surface area contributed by atoms with Crippen molar-refractivity contribution in [1.29, 1.82) is 0 Å². The van der Waals surface area contributed by atoms with Crippen LogP contribution in [0.15, 0.2) is 90.0 Å². The predicted molar refractivity (Wildman–Crippen MR) is 119 cm³/mol. The molecule has 1 aliphatic rings.